The number of carbonyl (C=O) groups excluding carboxylic acids is 1. The standard InChI is InChI=1S/C13H11ClO3/c1-8-5-10(14)7-11(6-8)16-13-4-3-12(17-13)9(2)15/h3-7H,1-2H3. The Balaban J connectivity index is 2.22. The van der Waals surface area contributed by atoms with Crippen LogP contribution in [0.1, 0.15) is 23.0 Å². The number of ether oxygens (including phenoxy) is 1. The van der Waals surface area contributed by atoms with Gasteiger partial charge in [-0.3, -0.25) is 4.79 Å². The van der Waals surface area contributed by atoms with Crippen molar-refractivity contribution in [3.05, 3.63) is 46.7 Å². The molecule has 0 bridgehead atoms. The molecule has 0 aliphatic carbocycles. The van der Waals surface area contributed by atoms with Crippen molar-refractivity contribution in [1.82, 2.24) is 0 Å². The minimum absolute atomic E-state index is 0.137. The molecule has 0 amide bonds. The van der Waals surface area contributed by atoms with Crippen molar-refractivity contribution in [1.29, 1.82) is 0 Å². The van der Waals surface area contributed by atoms with Crippen molar-refractivity contribution in [3.8, 4) is 11.7 Å². The smallest absolute Gasteiger partial charge is 0.290 e. The number of ketones is 1. The van der Waals surface area contributed by atoms with Crippen LogP contribution >= 0.6 is 11.6 Å². The van der Waals surface area contributed by atoms with E-state index < -0.39 is 0 Å². The van der Waals surface area contributed by atoms with E-state index in [1.165, 1.54) is 6.92 Å². The van der Waals surface area contributed by atoms with Gasteiger partial charge in [0.1, 0.15) is 5.75 Å². The molecule has 0 atom stereocenters. The minimum atomic E-state index is -0.137. The van der Waals surface area contributed by atoms with Gasteiger partial charge in [0.15, 0.2) is 11.5 Å². The molecule has 0 N–H and O–H groups in total. The number of hydrogen-bond acceptors (Lipinski definition) is 3. The SMILES string of the molecule is CC(=O)c1ccc(Oc2cc(C)cc(Cl)c2)o1. The Labute approximate surface area is 104 Å². The van der Waals surface area contributed by atoms with E-state index in [1.807, 2.05) is 19.1 Å². The predicted molar refractivity (Wildman–Crippen MR) is 65.0 cm³/mol. The quantitative estimate of drug-likeness (QED) is 0.765. The maximum absolute atomic E-state index is 11.0. The Morgan fingerprint density at radius 3 is 2.65 bits per heavy atom. The second-order valence-corrected chi connectivity index (χ2v) is 4.18. The molecule has 3 nitrogen and oxygen atoms in total. The molecule has 0 spiro atoms. The van der Waals surface area contributed by atoms with Gasteiger partial charge in [0.2, 0.25) is 0 Å². The van der Waals surface area contributed by atoms with Crippen molar-refractivity contribution in [2.45, 2.75) is 13.8 Å². The lowest BCUT2D eigenvalue weighted by Crippen LogP contribution is -1.87. The second kappa shape index (κ2) is 4.63. The summed E-state index contributed by atoms with van der Waals surface area (Å²) in [6, 6.07) is 8.53. The predicted octanol–water partition coefficient (Wildman–Crippen LogP) is 4.24. The van der Waals surface area contributed by atoms with Gasteiger partial charge in [-0.15, -0.1) is 0 Å². The number of benzene rings is 1. The van der Waals surface area contributed by atoms with E-state index in [0.717, 1.165) is 5.56 Å². The molecule has 0 aliphatic rings. The van der Waals surface area contributed by atoms with E-state index in [9.17, 15) is 4.79 Å². The molecule has 0 radical (unpaired) electrons. The van der Waals surface area contributed by atoms with E-state index in [-0.39, 0.29) is 17.5 Å². The molecule has 0 saturated heterocycles. The minimum Gasteiger partial charge on any atom is -0.426 e. The van der Waals surface area contributed by atoms with E-state index >= 15 is 0 Å². The van der Waals surface area contributed by atoms with Gasteiger partial charge in [0.05, 0.1) is 0 Å². The molecule has 0 aliphatic heterocycles. The maximum atomic E-state index is 11.0. The molecule has 0 saturated carbocycles. The summed E-state index contributed by atoms with van der Waals surface area (Å²) in [6.45, 7) is 3.36. The summed E-state index contributed by atoms with van der Waals surface area (Å²) >= 11 is 5.91. The van der Waals surface area contributed by atoms with Gasteiger partial charge >= 0.3 is 0 Å². The second-order valence-electron chi connectivity index (χ2n) is 3.74. The fraction of sp³-hybridized carbons (Fsp3) is 0.154. The van der Waals surface area contributed by atoms with Crippen LogP contribution in [0.4, 0.5) is 0 Å². The van der Waals surface area contributed by atoms with Crippen molar-refractivity contribution in [3.63, 3.8) is 0 Å². The zero-order valence-corrected chi connectivity index (χ0v) is 10.2. The normalized spacial score (nSPS) is 10.3. The van der Waals surface area contributed by atoms with Crippen molar-refractivity contribution >= 4 is 17.4 Å². The van der Waals surface area contributed by atoms with Gasteiger partial charge in [-0.1, -0.05) is 11.6 Å². The van der Waals surface area contributed by atoms with Crippen LogP contribution in [0.3, 0.4) is 0 Å². The van der Waals surface area contributed by atoms with Crippen LogP contribution in [0, 0.1) is 6.92 Å². The molecule has 4 heteroatoms. The average Bonchev–Trinajstić information content (AvgIpc) is 2.64. The Bertz CT molecular complexity index is 537. The van der Waals surface area contributed by atoms with Crippen molar-refractivity contribution in [2.75, 3.05) is 0 Å². The fourth-order valence-corrected chi connectivity index (χ4v) is 1.72. The average molecular weight is 251 g/mol. The van der Waals surface area contributed by atoms with Crippen LogP contribution in [-0.4, -0.2) is 5.78 Å². The molecule has 1 aromatic carbocycles. The van der Waals surface area contributed by atoms with Gasteiger partial charge in [-0.05, 0) is 36.8 Å². The van der Waals surface area contributed by atoms with Gasteiger partial charge in [-0.2, -0.15) is 0 Å². The molecule has 2 rings (SSSR count). The Morgan fingerprint density at radius 1 is 1.29 bits per heavy atom. The van der Waals surface area contributed by atoms with Crippen LogP contribution in [-0.2, 0) is 0 Å². The summed E-state index contributed by atoms with van der Waals surface area (Å²) in [6.07, 6.45) is 0. The van der Waals surface area contributed by atoms with Gasteiger partial charge < -0.3 is 9.15 Å². The third kappa shape index (κ3) is 2.88. The molecular weight excluding hydrogens is 240 g/mol. The zero-order chi connectivity index (χ0) is 12.4. The first-order chi connectivity index (χ1) is 8.04. The summed E-state index contributed by atoms with van der Waals surface area (Å²) < 4.78 is 10.7. The first kappa shape index (κ1) is 11.7. The van der Waals surface area contributed by atoms with Crippen LogP contribution in [0.2, 0.25) is 5.02 Å². The van der Waals surface area contributed by atoms with E-state index in [1.54, 1.807) is 18.2 Å². The molecule has 1 aromatic heterocycles. The maximum Gasteiger partial charge on any atom is 0.290 e. The molecule has 0 unspecified atom stereocenters. The summed E-state index contributed by atoms with van der Waals surface area (Å²) in [5.74, 6) is 0.997. The summed E-state index contributed by atoms with van der Waals surface area (Å²) in [5, 5.41) is 0.596. The molecular formula is C13H11ClO3. The number of carbonyl (C=O) groups is 1. The van der Waals surface area contributed by atoms with Crippen molar-refractivity contribution < 1.29 is 13.9 Å². The largest absolute Gasteiger partial charge is 0.426 e. The monoisotopic (exact) mass is 250 g/mol. The number of Topliss-reactive ketones (excluding diaryl/α,β-unsaturated/α-hetero) is 1. The highest BCUT2D eigenvalue weighted by molar-refractivity contribution is 6.30. The summed E-state index contributed by atoms with van der Waals surface area (Å²) in [4.78, 5) is 11.0. The highest BCUT2D eigenvalue weighted by atomic mass is 35.5. The van der Waals surface area contributed by atoms with Crippen LogP contribution < -0.4 is 4.74 Å². The number of rotatable bonds is 3. The zero-order valence-electron chi connectivity index (χ0n) is 9.49. The van der Waals surface area contributed by atoms with E-state index in [0.29, 0.717) is 10.8 Å². The number of hydrogen-bond donors (Lipinski definition) is 0. The lowest BCUT2D eigenvalue weighted by Gasteiger charge is -2.03. The van der Waals surface area contributed by atoms with E-state index in [4.69, 9.17) is 20.8 Å². The third-order valence-corrected chi connectivity index (χ3v) is 2.38. The van der Waals surface area contributed by atoms with Crippen LogP contribution in [0.5, 0.6) is 11.7 Å². The van der Waals surface area contributed by atoms with Gasteiger partial charge in [0.25, 0.3) is 5.95 Å². The van der Waals surface area contributed by atoms with Gasteiger partial charge in [0, 0.05) is 18.0 Å². The molecule has 1 heterocycles. The van der Waals surface area contributed by atoms with Gasteiger partial charge in [-0.25, -0.2) is 0 Å². The first-order valence-electron chi connectivity index (χ1n) is 5.10. The number of aryl methyl sites for hydroxylation is 1. The molecule has 88 valence electrons. The highest BCUT2D eigenvalue weighted by Gasteiger charge is 2.08. The van der Waals surface area contributed by atoms with Crippen molar-refractivity contribution in [2.24, 2.45) is 0 Å². The fourth-order valence-electron chi connectivity index (χ4n) is 1.44. The molecule has 17 heavy (non-hydrogen) atoms. The molecule has 2 aromatic rings. The number of furan rings is 1. The summed E-state index contributed by atoms with van der Waals surface area (Å²) in [7, 11) is 0. The first-order valence-corrected chi connectivity index (χ1v) is 5.48. The number of halogens is 1. The van der Waals surface area contributed by atoms with Crippen LogP contribution in [0.15, 0.2) is 34.7 Å². The Kier molecular flexibility index (Phi) is 3.20. The highest BCUT2D eigenvalue weighted by Crippen LogP contribution is 2.27. The Morgan fingerprint density at radius 2 is 2.06 bits per heavy atom. The topological polar surface area (TPSA) is 39.4 Å². The van der Waals surface area contributed by atoms with Crippen LogP contribution in [0.25, 0.3) is 0 Å². The lowest BCUT2D eigenvalue weighted by atomic mass is 10.2. The lowest BCUT2D eigenvalue weighted by molar-refractivity contribution is 0.0982. The third-order valence-electron chi connectivity index (χ3n) is 2.16. The molecule has 0 fully saturated rings. The van der Waals surface area contributed by atoms with E-state index in [2.05, 4.69) is 0 Å². The Hall–Kier alpha value is -1.74. The summed E-state index contributed by atoms with van der Waals surface area (Å²) in [5.41, 5.74) is 0.992.